The van der Waals surface area contributed by atoms with E-state index in [1.165, 1.54) is 12.5 Å². The minimum atomic E-state index is -0.310. The molecule has 0 amide bonds. The lowest BCUT2D eigenvalue weighted by molar-refractivity contribution is -0.140. The first-order valence-corrected chi connectivity index (χ1v) is 6.00. The zero-order chi connectivity index (χ0) is 13.1. The summed E-state index contributed by atoms with van der Waals surface area (Å²) in [6.45, 7) is 2.38. The predicted octanol–water partition coefficient (Wildman–Crippen LogP) is 1.72. The summed E-state index contributed by atoms with van der Waals surface area (Å²) >= 11 is 0. The number of rotatable bonds is 4. The van der Waals surface area contributed by atoms with Gasteiger partial charge >= 0.3 is 5.97 Å². The largest absolute Gasteiger partial charge is 0.337 e. The molecule has 4 nitrogen and oxygen atoms in total. The maximum Gasteiger partial charge on any atom is 0.329 e. The second kappa shape index (κ2) is 5.23. The van der Waals surface area contributed by atoms with Crippen molar-refractivity contribution >= 4 is 16.9 Å². The fraction of sp³-hybridized carbons (Fsp3) is 0.357. The van der Waals surface area contributed by atoms with Crippen LogP contribution in [-0.4, -0.2) is 36.2 Å². The third kappa shape index (κ3) is 2.71. The van der Waals surface area contributed by atoms with Gasteiger partial charge in [-0.25, -0.2) is 4.79 Å². The van der Waals surface area contributed by atoms with Crippen molar-refractivity contribution in [3.8, 4) is 0 Å². The second-order valence-electron chi connectivity index (χ2n) is 4.63. The lowest BCUT2D eigenvalue weighted by Crippen LogP contribution is -2.16. The summed E-state index contributed by atoms with van der Waals surface area (Å²) in [6.07, 6.45) is 2.83. The number of carbonyl (C=O) groups is 1. The van der Waals surface area contributed by atoms with E-state index in [0.29, 0.717) is 0 Å². The normalized spacial score (nSPS) is 11.1. The summed E-state index contributed by atoms with van der Waals surface area (Å²) in [5.74, 6) is -0.310. The Morgan fingerprint density at radius 2 is 2.06 bits per heavy atom. The maximum absolute atomic E-state index is 11.1. The Bertz CT molecular complexity index is 558. The van der Waals surface area contributed by atoms with E-state index >= 15 is 0 Å². The molecule has 0 radical (unpaired) electrons. The molecule has 0 aliphatic carbocycles. The van der Waals surface area contributed by atoms with Crippen molar-refractivity contribution in [2.24, 2.45) is 0 Å². The molecule has 0 spiro atoms. The van der Waals surface area contributed by atoms with Gasteiger partial charge in [0, 0.05) is 25.1 Å². The molecule has 0 unspecified atom stereocenters. The Hall–Kier alpha value is -1.81. The molecule has 1 aromatic heterocycles. The Balaban J connectivity index is 2.37. The van der Waals surface area contributed by atoms with Crippen molar-refractivity contribution in [1.82, 2.24) is 9.63 Å². The van der Waals surface area contributed by atoms with E-state index in [1.54, 1.807) is 4.73 Å². The van der Waals surface area contributed by atoms with Crippen LogP contribution in [0, 0.1) is 0 Å². The topological polar surface area (TPSA) is 34.5 Å². The summed E-state index contributed by atoms with van der Waals surface area (Å²) in [6, 6.07) is 7.95. The Morgan fingerprint density at radius 3 is 2.72 bits per heavy atom. The molecule has 4 heteroatoms. The molecule has 18 heavy (non-hydrogen) atoms. The van der Waals surface area contributed by atoms with E-state index in [0.717, 1.165) is 23.9 Å². The van der Waals surface area contributed by atoms with Crippen molar-refractivity contribution in [2.75, 3.05) is 20.6 Å². The number of nitrogens with zero attached hydrogens (tertiary/aromatic N) is 2. The summed E-state index contributed by atoms with van der Waals surface area (Å²) < 4.78 is 1.56. The van der Waals surface area contributed by atoms with Gasteiger partial charge < -0.3 is 9.74 Å². The molecular formula is C14H18N2O2. The zero-order valence-corrected chi connectivity index (χ0v) is 11.0. The summed E-state index contributed by atoms with van der Waals surface area (Å²) in [5, 5.41) is 1.14. The van der Waals surface area contributed by atoms with Gasteiger partial charge in [-0.15, -0.1) is 0 Å². The van der Waals surface area contributed by atoms with Crippen molar-refractivity contribution in [3.05, 3.63) is 36.0 Å². The van der Waals surface area contributed by atoms with Crippen LogP contribution in [0.3, 0.4) is 0 Å². The molecule has 1 aromatic carbocycles. The van der Waals surface area contributed by atoms with Crippen LogP contribution in [0.25, 0.3) is 10.9 Å². The molecule has 0 saturated heterocycles. The summed E-state index contributed by atoms with van der Waals surface area (Å²) in [7, 11) is 4.09. The molecule has 2 aromatic rings. The number of para-hydroxylation sites is 1. The van der Waals surface area contributed by atoms with Crippen molar-refractivity contribution < 1.29 is 9.63 Å². The number of fused-ring (bicyclic) bond motifs is 1. The highest BCUT2D eigenvalue weighted by Gasteiger charge is 2.10. The first-order chi connectivity index (χ1) is 8.58. The average Bonchev–Trinajstić information content (AvgIpc) is 2.65. The van der Waals surface area contributed by atoms with Crippen LogP contribution in [-0.2, 0) is 11.2 Å². The fourth-order valence-corrected chi connectivity index (χ4v) is 1.98. The number of hydrogen-bond donors (Lipinski definition) is 0. The highest BCUT2D eigenvalue weighted by Crippen LogP contribution is 2.21. The van der Waals surface area contributed by atoms with Crippen LogP contribution in [0.1, 0.15) is 12.5 Å². The number of benzene rings is 1. The van der Waals surface area contributed by atoms with E-state index in [1.807, 2.05) is 38.5 Å². The van der Waals surface area contributed by atoms with Gasteiger partial charge in [-0.1, -0.05) is 18.2 Å². The lowest BCUT2D eigenvalue weighted by atomic mass is 10.1. The van der Waals surface area contributed by atoms with E-state index in [2.05, 4.69) is 11.0 Å². The van der Waals surface area contributed by atoms with Gasteiger partial charge in [0.15, 0.2) is 0 Å². The molecule has 0 fully saturated rings. The van der Waals surface area contributed by atoms with E-state index < -0.39 is 0 Å². The molecular weight excluding hydrogens is 228 g/mol. The minimum absolute atomic E-state index is 0.310. The number of carbonyl (C=O) groups excluding carboxylic acids is 1. The predicted molar refractivity (Wildman–Crippen MR) is 71.5 cm³/mol. The summed E-state index contributed by atoms with van der Waals surface area (Å²) in [4.78, 5) is 18.4. The molecule has 1 heterocycles. The summed E-state index contributed by atoms with van der Waals surface area (Å²) in [5.41, 5.74) is 2.13. The van der Waals surface area contributed by atoms with E-state index in [4.69, 9.17) is 4.84 Å². The van der Waals surface area contributed by atoms with Gasteiger partial charge in [-0.3, -0.25) is 0 Å². The maximum atomic E-state index is 11.1. The monoisotopic (exact) mass is 246 g/mol. The zero-order valence-electron chi connectivity index (χ0n) is 11.0. The number of aromatic nitrogens is 1. The van der Waals surface area contributed by atoms with Crippen molar-refractivity contribution in [2.45, 2.75) is 13.3 Å². The molecule has 0 aliphatic rings. The van der Waals surface area contributed by atoms with Gasteiger partial charge in [0.1, 0.15) is 0 Å². The molecule has 2 rings (SSSR count). The van der Waals surface area contributed by atoms with E-state index in [9.17, 15) is 4.79 Å². The van der Waals surface area contributed by atoms with Gasteiger partial charge in [-0.05, 0) is 32.1 Å². The van der Waals surface area contributed by atoms with Gasteiger partial charge in [0.25, 0.3) is 0 Å². The fourth-order valence-electron chi connectivity index (χ4n) is 1.98. The molecule has 0 atom stereocenters. The van der Waals surface area contributed by atoms with Crippen molar-refractivity contribution in [3.63, 3.8) is 0 Å². The number of hydrogen-bond acceptors (Lipinski definition) is 3. The Morgan fingerprint density at radius 1 is 1.33 bits per heavy atom. The standard InChI is InChI=1S/C14H18N2O2/c1-11(17)18-16-10-12(8-9-15(2)3)13-6-4-5-7-14(13)16/h4-7,10H,8-9H2,1-3H3. The minimum Gasteiger partial charge on any atom is -0.337 e. The first-order valence-electron chi connectivity index (χ1n) is 6.00. The number of likely N-dealkylation sites (N-methyl/N-ethyl adjacent to an activating group) is 1. The smallest absolute Gasteiger partial charge is 0.329 e. The van der Waals surface area contributed by atoms with Gasteiger partial charge in [0.05, 0.1) is 5.52 Å². The molecule has 0 N–H and O–H groups in total. The first kappa shape index (κ1) is 12.6. The molecule has 0 saturated carbocycles. The van der Waals surface area contributed by atoms with Crippen LogP contribution in [0.5, 0.6) is 0 Å². The second-order valence-corrected chi connectivity index (χ2v) is 4.63. The quantitative estimate of drug-likeness (QED) is 0.824. The van der Waals surface area contributed by atoms with E-state index in [-0.39, 0.29) is 5.97 Å². The Labute approximate surface area is 107 Å². The Kier molecular flexibility index (Phi) is 3.67. The molecule has 0 aliphatic heterocycles. The van der Waals surface area contributed by atoms with Crippen LogP contribution in [0.2, 0.25) is 0 Å². The lowest BCUT2D eigenvalue weighted by Gasteiger charge is -2.07. The van der Waals surface area contributed by atoms with Crippen LogP contribution in [0.15, 0.2) is 30.5 Å². The molecule has 0 bridgehead atoms. The molecule has 96 valence electrons. The van der Waals surface area contributed by atoms with Crippen LogP contribution < -0.4 is 4.84 Å². The average molecular weight is 246 g/mol. The highest BCUT2D eigenvalue weighted by molar-refractivity contribution is 5.84. The van der Waals surface area contributed by atoms with Crippen LogP contribution in [0.4, 0.5) is 0 Å². The third-order valence-electron chi connectivity index (χ3n) is 2.82. The SMILES string of the molecule is CC(=O)On1cc(CCN(C)C)c2ccccc21. The van der Waals surface area contributed by atoms with Gasteiger partial charge in [0.2, 0.25) is 0 Å². The van der Waals surface area contributed by atoms with Crippen molar-refractivity contribution in [1.29, 1.82) is 0 Å². The highest BCUT2D eigenvalue weighted by atomic mass is 16.7. The van der Waals surface area contributed by atoms with Crippen LogP contribution >= 0.6 is 0 Å². The third-order valence-corrected chi connectivity index (χ3v) is 2.82. The van der Waals surface area contributed by atoms with Gasteiger partial charge in [-0.2, -0.15) is 4.73 Å².